The van der Waals surface area contributed by atoms with Gasteiger partial charge in [-0.15, -0.1) is 0 Å². The van der Waals surface area contributed by atoms with Crippen LogP contribution >= 0.6 is 0 Å². The van der Waals surface area contributed by atoms with Crippen LogP contribution in [0.15, 0.2) is 103 Å². The lowest BCUT2D eigenvalue weighted by Crippen LogP contribution is -2.14. The molecule has 4 aromatic carbocycles. The number of carbonyl (C=O) groups excluding carboxylic acids is 2. The number of anilines is 1. The van der Waals surface area contributed by atoms with Crippen molar-refractivity contribution in [3.63, 3.8) is 0 Å². The lowest BCUT2D eigenvalue weighted by molar-refractivity contribution is 0.0473. The summed E-state index contributed by atoms with van der Waals surface area (Å²) >= 11 is 0. The van der Waals surface area contributed by atoms with Crippen LogP contribution in [0.2, 0.25) is 0 Å². The summed E-state index contributed by atoms with van der Waals surface area (Å²) in [7, 11) is 3.17. The minimum atomic E-state index is -0.415. The summed E-state index contributed by atoms with van der Waals surface area (Å²) in [5.74, 6) is 0.934. The van der Waals surface area contributed by atoms with Gasteiger partial charge in [0.15, 0.2) is 0 Å². The zero-order valence-corrected chi connectivity index (χ0v) is 21.5. The van der Waals surface area contributed by atoms with E-state index in [2.05, 4.69) is 10.3 Å². The van der Waals surface area contributed by atoms with E-state index in [1.807, 2.05) is 66.7 Å². The third-order valence-corrected chi connectivity index (χ3v) is 6.25. The Labute approximate surface area is 226 Å². The van der Waals surface area contributed by atoms with Crippen LogP contribution in [0.25, 0.3) is 22.0 Å². The van der Waals surface area contributed by atoms with Gasteiger partial charge in [-0.05, 0) is 65.7 Å². The Kier molecular flexibility index (Phi) is 7.50. The third-order valence-electron chi connectivity index (χ3n) is 6.25. The molecule has 5 rings (SSSR count). The van der Waals surface area contributed by atoms with Gasteiger partial charge in [-0.1, -0.05) is 48.5 Å². The molecule has 0 bridgehead atoms. The molecule has 0 unspecified atom stereocenters. The van der Waals surface area contributed by atoms with Crippen molar-refractivity contribution in [3.05, 3.63) is 120 Å². The summed E-state index contributed by atoms with van der Waals surface area (Å²) in [5, 5.41) is 3.64. The first-order valence-electron chi connectivity index (χ1n) is 12.3. The second-order valence-electron chi connectivity index (χ2n) is 8.73. The Hall–Kier alpha value is -5.17. The molecule has 39 heavy (non-hydrogen) atoms. The van der Waals surface area contributed by atoms with Crippen molar-refractivity contribution in [2.75, 3.05) is 19.5 Å². The highest BCUT2D eigenvalue weighted by Crippen LogP contribution is 2.35. The third kappa shape index (κ3) is 5.72. The summed E-state index contributed by atoms with van der Waals surface area (Å²) in [6.45, 7) is 0.198. The van der Waals surface area contributed by atoms with E-state index >= 15 is 0 Å². The fourth-order valence-corrected chi connectivity index (χ4v) is 4.26. The first kappa shape index (κ1) is 25.5. The van der Waals surface area contributed by atoms with Gasteiger partial charge in [0.25, 0.3) is 5.91 Å². The van der Waals surface area contributed by atoms with Crippen molar-refractivity contribution in [1.29, 1.82) is 0 Å². The molecule has 0 aliphatic heterocycles. The molecule has 5 aromatic rings. The number of nitrogens with zero attached hydrogens (tertiary/aromatic N) is 1. The summed E-state index contributed by atoms with van der Waals surface area (Å²) < 4.78 is 16.3. The van der Waals surface area contributed by atoms with E-state index in [9.17, 15) is 9.59 Å². The largest absolute Gasteiger partial charge is 0.497 e. The van der Waals surface area contributed by atoms with E-state index < -0.39 is 5.97 Å². The number of aromatic nitrogens is 1. The lowest BCUT2D eigenvalue weighted by atomic mass is 9.97. The fourth-order valence-electron chi connectivity index (χ4n) is 4.26. The molecule has 1 aromatic heterocycles. The number of amides is 1. The van der Waals surface area contributed by atoms with Gasteiger partial charge in [0.2, 0.25) is 0 Å². The van der Waals surface area contributed by atoms with Gasteiger partial charge in [-0.25, -0.2) is 9.78 Å². The molecule has 7 nitrogen and oxygen atoms in total. The number of carbonyl (C=O) groups is 2. The topological polar surface area (TPSA) is 86.8 Å². The number of methoxy groups -OCH3 is 2. The summed E-state index contributed by atoms with van der Waals surface area (Å²) in [4.78, 5) is 30.5. The molecule has 0 spiro atoms. The first-order chi connectivity index (χ1) is 19.1. The molecule has 7 heteroatoms. The predicted octanol–water partition coefficient (Wildman–Crippen LogP) is 6.53. The minimum absolute atomic E-state index is 0.198. The standard InChI is InChI=1S/C32H26N2O5/c1-37-25-15-11-22(12-16-25)30-26(9-6-10-28(30)38-2)31(35)34-29-18-14-23-19-24(13-17-27(23)33-29)32(36)39-20-21-7-4-3-5-8-21/h3-19H,20H2,1-2H3,(H,33,34,35). The number of benzene rings is 4. The molecule has 0 fully saturated rings. The second-order valence-corrected chi connectivity index (χ2v) is 8.73. The molecule has 0 radical (unpaired) electrons. The van der Waals surface area contributed by atoms with E-state index in [0.29, 0.717) is 39.5 Å². The second kappa shape index (κ2) is 11.5. The summed E-state index contributed by atoms with van der Waals surface area (Å²) in [5.41, 5.74) is 3.90. The zero-order chi connectivity index (χ0) is 27.2. The molecule has 0 aliphatic carbocycles. The zero-order valence-electron chi connectivity index (χ0n) is 21.5. The summed E-state index contributed by atoms with van der Waals surface area (Å²) in [6, 6.07) is 30.9. The van der Waals surface area contributed by atoms with E-state index in [4.69, 9.17) is 14.2 Å². The Morgan fingerprint density at radius 3 is 2.33 bits per heavy atom. The van der Waals surface area contributed by atoms with Crippen LogP contribution in [0.4, 0.5) is 5.82 Å². The minimum Gasteiger partial charge on any atom is -0.497 e. The number of rotatable bonds is 8. The summed E-state index contributed by atoms with van der Waals surface area (Å²) in [6.07, 6.45) is 0. The van der Waals surface area contributed by atoms with Crippen LogP contribution in [0.5, 0.6) is 11.5 Å². The number of ether oxygens (including phenoxy) is 3. The quantitative estimate of drug-likeness (QED) is 0.235. The van der Waals surface area contributed by atoms with E-state index in [1.165, 1.54) is 0 Å². The van der Waals surface area contributed by atoms with Gasteiger partial charge < -0.3 is 19.5 Å². The van der Waals surface area contributed by atoms with Gasteiger partial charge in [-0.2, -0.15) is 0 Å². The molecule has 0 saturated carbocycles. The monoisotopic (exact) mass is 518 g/mol. The highest BCUT2D eigenvalue weighted by Gasteiger charge is 2.18. The van der Waals surface area contributed by atoms with Gasteiger partial charge in [-0.3, -0.25) is 4.79 Å². The number of nitrogens with one attached hydrogen (secondary N) is 1. The molecule has 1 heterocycles. The number of hydrogen-bond donors (Lipinski definition) is 1. The number of esters is 1. The van der Waals surface area contributed by atoms with Crippen LogP contribution < -0.4 is 14.8 Å². The maximum absolute atomic E-state index is 13.4. The Balaban J connectivity index is 1.35. The molecular weight excluding hydrogens is 492 g/mol. The van der Waals surface area contributed by atoms with Gasteiger partial charge in [0.1, 0.15) is 23.9 Å². The Bertz CT molecular complexity index is 1630. The molecule has 0 saturated heterocycles. The highest BCUT2D eigenvalue weighted by molar-refractivity contribution is 6.09. The normalized spacial score (nSPS) is 10.6. The Morgan fingerprint density at radius 2 is 1.59 bits per heavy atom. The van der Waals surface area contributed by atoms with Crippen molar-refractivity contribution >= 4 is 28.6 Å². The maximum atomic E-state index is 13.4. The van der Waals surface area contributed by atoms with E-state index in [0.717, 1.165) is 16.5 Å². The molecule has 0 atom stereocenters. The average Bonchev–Trinajstić information content (AvgIpc) is 2.99. The van der Waals surface area contributed by atoms with Crippen LogP contribution in [0, 0.1) is 0 Å². The maximum Gasteiger partial charge on any atom is 0.338 e. The Morgan fingerprint density at radius 1 is 0.795 bits per heavy atom. The lowest BCUT2D eigenvalue weighted by Gasteiger charge is -2.15. The van der Waals surface area contributed by atoms with Crippen molar-refractivity contribution in [2.45, 2.75) is 6.61 Å². The fraction of sp³-hybridized carbons (Fsp3) is 0.0938. The SMILES string of the molecule is COc1ccc(-c2c(OC)cccc2C(=O)Nc2ccc3cc(C(=O)OCc4ccccc4)ccc3n2)cc1. The van der Waals surface area contributed by atoms with Crippen LogP contribution in [-0.2, 0) is 11.3 Å². The van der Waals surface area contributed by atoms with Gasteiger partial charge in [0.05, 0.1) is 30.9 Å². The number of fused-ring (bicyclic) bond motifs is 1. The van der Waals surface area contributed by atoms with Gasteiger partial charge >= 0.3 is 5.97 Å². The smallest absolute Gasteiger partial charge is 0.338 e. The van der Waals surface area contributed by atoms with E-state index in [-0.39, 0.29) is 12.5 Å². The van der Waals surface area contributed by atoms with Crippen molar-refractivity contribution in [1.82, 2.24) is 4.98 Å². The molecule has 1 N–H and O–H groups in total. The van der Waals surface area contributed by atoms with Crippen LogP contribution in [0.1, 0.15) is 26.3 Å². The van der Waals surface area contributed by atoms with Crippen molar-refractivity contribution < 1.29 is 23.8 Å². The van der Waals surface area contributed by atoms with Crippen LogP contribution in [-0.4, -0.2) is 31.1 Å². The molecule has 194 valence electrons. The molecule has 0 aliphatic rings. The predicted molar refractivity (Wildman–Crippen MR) is 150 cm³/mol. The highest BCUT2D eigenvalue weighted by atomic mass is 16.5. The van der Waals surface area contributed by atoms with Gasteiger partial charge in [0, 0.05) is 10.9 Å². The number of hydrogen-bond acceptors (Lipinski definition) is 6. The van der Waals surface area contributed by atoms with Crippen LogP contribution in [0.3, 0.4) is 0 Å². The number of pyridine rings is 1. The van der Waals surface area contributed by atoms with Crippen molar-refractivity contribution in [3.8, 4) is 22.6 Å². The average molecular weight is 519 g/mol. The van der Waals surface area contributed by atoms with E-state index in [1.54, 1.807) is 50.6 Å². The first-order valence-corrected chi connectivity index (χ1v) is 12.3. The van der Waals surface area contributed by atoms with Crippen molar-refractivity contribution in [2.24, 2.45) is 0 Å². The molecule has 1 amide bonds. The molecular formula is C32H26N2O5.